The third-order valence-corrected chi connectivity index (χ3v) is 4.74. The predicted octanol–water partition coefficient (Wildman–Crippen LogP) is 3.70. The molecule has 102 valence electrons. The fraction of sp³-hybridized carbons (Fsp3) is 0.429. The Morgan fingerprint density at radius 3 is 2.95 bits per heavy atom. The zero-order chi connectivity index (χ0) is 13.9. The van der Waals surface area contributed by atoms with Crippen molar-refractivity contribution in [2.24, 2.45) is 11.1 Å². The minimum absolute atomic E-state index is 0.0704. The zero-order valence-electron chi connectivity index (χ0n) is 11.3. The molecule has 0 atom stereocenters. The Hall–Kier alpha value is -1.20. The second-order valence-electron chi connectivity index (χ2n) is 5.27. The van der Waals surface area contributed by atoms with Gasteiger partial charge in [0.25, 0.3) is 0 Å². The molecule has 0 aliphatic heterocycles. The number of thiocarbonyl (C=S) groups is 1. The maximum Gasteiger partial charge on any atom is 0.149 e. The van der Waals surface area contributed by atoms with Crippen LogP contribution in [-0.4, -0.2) is 14.5 Å². The lowest BCUT2D eigenvalue weighted by Crippen LogP contribution is -2.29. The summed E-state index contributed by atoms with van der Waals surface area (Å²) in [6, 6.07) is 4.15. The molecule has 0 amide bonds. The molecular formula is C14H19N3S2. The topological polar surface area (TPSA) is 43.8 Å². The van der Waals surface area contributed by atoms with Crippen LogP contribution in [0.2, 0.25) is 0 Å². The van der Waals surface area contributed by atoms with Crippen LogP contribution in [0.25, 0.3) is 10.7 Å². The number of hydrogen-bond donors (Lipinski definition) is 1. The standard InChI is InChI=1S/C14H19N3S2/c1-14(2,13(15)18)6-4-8-17-9-7-16-12(17)11-5-3-10-19-11/h3,5,7,9-10H,4,6,8H2,1-2H3,(H2,15,18). The van der Waals surface area contributed by atoms with Crippen molar-refractivity contribution in [3.05, 3.63) is 29.9 Å². The molecule has 2 rings (SSSR count). The van der Waals surface area contributed by atoms with E-state index in [1.807, 2.05) is 12.4 Å². The number of thiophene rings is 1. The Morgan fingerprint density at radius 1 is 1.53 bits per heavy atom. The van der Waals surface area contributed by atoms with Gasteiger partial charge in [0.05, 0.1) is 9.87 Å². The normalized spacial score (nSPS) is 11.7. The molecule has 0 spiro atoms. The number of nitrogens with zero attached hydrogens (tertiary/aromatic N) is 2. The fourth-order valence-electron chi connectivity index (χ4n) is 1.94. The quantitative estimate of drug-likeness (QED) is 0.826. The van der Waals surface area contributed by atoms with Crippen molar-refractivity contribution in [3.8, 4) is 10.7 Å². The summed E-state index contributed by atoms with van der Waals surface area (Å²) in [4.78, 5) is 6.23. The van der Waals surface area contributed by atoms with Crippen LogP contribution in [0, 0.1) is 5.41 Å². The van der Waals surface area contributed by atoms with Gasteiger partial charge in [0, 0.05) is 24.4 Å². The highest BCUT2D eigenvalue weighted by Gasteiger charge is 2.20. The average Bonchev–Trinajstić information content (AvgIpc) is 2.97. The SMILES string of the molecule is CC(C)(CCCn1ccnc1-c1cccs1)C(N)=S. The Labute approximate surface area is 123 Å². The maximum atomic E-state index is 5.75. The van der Waals surface area contributed by atoms with E-state index in [0.29, 0.717) is 4.99 Å². The molecule has 2 N–H and O–H groups in total. The van der Waals surface area contributed by atoms with Crippen LogP contribution in [0.3, 0.4) is 0 Å². The number of nitrogens with two attached hydrogens (primary N) is 1. The van der Waals surface area contributed by atoms with Crippen molar-refractivity contribution in [2.45, 2.75) is 33.2 Å². The summed E-state index contributed by atoms with van der Waals surface area (Å²) in [7, 11) is 0. The first-order valence-corrected chi connectivity index (χ1v) is 7.64. The number of aromatic nitrogens is 2. The van der Waals surface area contributed by atoms with E-state index in [9.17, 15) is 0 Å². The van der Waals surface area contributed by atoms with Gasteiger partial charge in [-0.25, -0.2) is 4.98 Å². The van der Waals surface area contributed by atoms with Gasteiger partial charge in [-0.1, -0.05) is 32.1 Å². The van der Waals surface area contributed by atoms with Crippen LogP contribution in [0.4, 0.5) is 0 Å². The summed E-state index contributed by atoms with van der Waals surface area (Å²) < 4.78 is 2.20. The van der Waals surface area contributed by atoms with Crippen molar-refractivity contribution in [1.82, 2.24) is 9.55 Å². The van der Waals surface area contributed by atoms with E-state index < -0.39 is 0 Å². The summed E-state index contributed by atoms with van der Waals surface area (Å²) in [5.74, 6) is 1.04. The van der Waals surface area contributed by atoms with Gasteiger partial charge in [0.1, 0.15) is 5.82 Å². The second-order valence-corrected chi connectivity index (χ2v) is 6.66. The molecule has 0 saturated carbocycles. The molecule has 0 aliphatic rings. The number of hydrogen-bond acceptors (Lipinski definition) is 3. The largest absolute Gasteiger partial charge is 0.393 e. The Kier molecular flexibility index (Phi) is 4.37. The Balaban J connectivity index is 1.98. The minimum Gasteiger partial charge on any atom is -0.393 e. The number of aryl methyl sites for hydroxylation is 1. The smallest absolute Gasteiger partial charge is 0.149 e. The first-order chi connectivity index (χ1) is 9.00. The fourth-order valence-corrected chi connectivity index (χ4v) is 2.77. The van der Waals surface area contributed by atoms with E-state index in [-0.39, 0.29) is 5.41 Å². The molecule has 0 bridgehead atoms. The van der Waals surface area contributed by atoms with Crippen LogP contribution in [0.1, 0.15) is 26.7 Å². The van der Waals surface area contributed by atoms with Gasteiger partial charge in [0.15, 0.2) is 0 Å². The van der Waals surface area contributed by atoms with Gasteiger partial charge < -0.3 is 10.3 Å². The molecule has 0 aromatic carbocycles. The first kappa shape index (κ1) is 14.2. The van der Waals surface area contributed by atoms with Gasteiger partial charge in [-0.15, -0.1) is 11.3 Å². The number of imidazole rings is 1. The molecule has 3 nitrogen and oxygen atoms in total. The molecular weight excluding hydrogens is 274 g/mol. The van der Waals surface area contributed by atoms with Crippen LogP contribution >= 0.6 is 23.6 Å². The van der Waals surface area contributed by atoms with Crippen molar-refractivity contribution >= 4 is 28.5 Å². The zero-order valence-corrected chi connectivity index (χ0v) is 12.9. The van der Waals surface area contributed by atoms with Gasteiger partial charge in [-0.2, -0.15) is 0 Å². The summed E-state index contributed by atoms with van der Waals surface area (Å²) >= 11 is 6.81. The molecule has 0 radical (unpaired) electrons. The van der Waals surface area contributed by atoms with E-state index in [2.05, 4.69) is 40.9 Å². The first-order valence-electron chi connectivity index (χ1n) is 6.35. The highest BCUT2D eigenvalue weighted by atomic mass is 32.1. The molecule has 0 aliphatic carbocycles. The second kappa shape index (κ2) is 5.84. The lowest BCUT2D eigenvalue weighted by Gasteiger charge is -2.23. The van der Waals surface area contributed by atoms with Gasteiger partial charge in [0.2, 0.25) is 0 Å². The maximum absolute atomic E-state index is 5.75. The lowest BCUT2D eigenvalue weighted by molar-refractivity contribution is 0.437. The van der Waals surface area contributed by atoms with Crippen LogP contribution in [0.5, 0.6) is 0 Å². The molecule has 2 aromatic heterocycles. The predicted molar refractivity (Wildman–Crippen MR) is 85.3 cm³/mol. The highest BCUT2D eigenvalue weighted by molar-refractivity contribution is 7.80. The van der Waals surface area contributed by atoms with Crippen molar-refractivity contribution < 1.29 is 0 Å². The molecule has 2 heterocycles. The van der Waals surface area contributed by atoms with E-state index in [4.69, 9.17) is 18.0 Å². The summed E-state index contributed by atoms with van der Waals surface area (Å²) in [5, 5.41) is 2.07. The molecule has 0 saturated heterocycles. The van der Waals surface area contributed by atoms with Crippen LogP contribution in [0.15, 0.2) is 29.9 Å². The summed E-state index contributed by atoms with van der Waals surface area (Å²) in [5.41, 5.74) is 5.68. The molecule has 19 heavy (non-hydrogen) atoms. The summed E-state index contributed by atoms with van der Waals surface area (Å²) in [6.07, 6.45) is 5.92. The van der Waals surface area contributed by atoms with E-state index in [0.717, 1.165) is 25.2 Å². The van der Waals surface area contributed by atoms with Gasteiger partial charge in [-0.05, 0) is 24.3 Å². The Bertz CT molecular complexity index is 541. The van der Waals surface area contributed by atoms with Gasteiger partial charge >= 0.3 is 0 Å². The highest BCUT2D eigenvalue weighted by Crippen LogP contribution is 2.26. The molecule has 2 aromatic rings. The van der Waals surface area contributed by atoms with Crippen LogP contribution in [-0.2, 0) is 6.54 Å². The third kappa shape index (κ3) is 3.42. The minimum atomic E-state index is -0.0704. The van der Waals surface area contributed by atoms with E-state index in [1.165, 1.54) is 4.88 Å². The van der Waals surface area contributed by atoms with E-state index >= 15 is 0 Å². The monoisotopic (exact) mass is 293 g/mol. The molecule has 0 fully saturated rings. The molecule has 0 unspecified atom stereocenters. The number of rotatable bonds is 6. The average molecular weight is 293 g/mol. The lowest BCUT2D eigenvalue weighted by atomic mass is 9.88. The third-order valence-electron chi connectivity index (χ3n) is 3.32. The van der Waals surface area contributed by atoms with Crippen molar-refractivity contribution in [2.75, 3.05) is 0 Å². The van der Waals surface area contributed by atoms with Crippen molar-refractivity contribution in [3.63, 3.8) is 0 Å². The Morgan fingerprint density at radius 2 is 2.32 bits per heavy atom. The van der Waals surface area contributed by atoms with Crippen molar-refractivity contribution in [1.29, 1.82) is 0 Å². The molecule has 5 heteroatoms. The van der Waals surface area contributed by atoms with Gasteiger partial charge in [-0.3, -0.25) is 0 Å². The van der Waals surface area contributed by atoms with E-state index in [1.54, 1.807) is 11.3 Å². The van der Waals surface area contributed by atoms with Crippen LogP contribution < -0.4 is 5.73 Å². The summed E-state index contributed by atoms with van der Waals surface area (Å²) in [6.45, 7) is 5.14.